The van der Waals surface area contributed by atoms with E-state index in [-0.39, 0.29) is 0 Å². The maximum atomic E-state index is 6.34. The SMILES string of the molecule is CCCCCCC(CCn1ccnc1)Sc1ccc(Cl)cc1Cl. The van der Waals surface area contributed by atoms with Crippen molar-refractivity contribution < 1.29 is 0 Å². The molecule has 2 nitrogen and oxygen atoms in total. The number of benzene rings is 1. The molecule has 1 atom stereocenters. The third kappa shape index (κ3) is 6.78. The van der Waals surface area contributed by atoms with Crippen LogP contribution in [0.4, 0.5) is 0 Å². The largest absolute Gasteiger partial charge is 0.337 e. The summed E-state index contributed by atoms with van der Waals surface area (Å²) in [5.74, 6) is 0. The molecule has 0 radical (unpaired) electrons. The lowest BCUT2D eigenvalue weighted by Gasteiger charge is -2.18. The Balaban J connectivity index is 1.93. The van der Waals surface area contributed by atoms with Gasteiger partial charge >= 0.3 is 0 Å². The van der Waals surface area contributed by atoms with Crippen LogP contribution in [0.2, 0.25) is 10.0 Å². The lowest BCUT2D eigenvalue weighted by molar-refractivity contribution is 0.560. The lowest BCUT2D eigenvalue weighted by Crippen LogP contribution is -2.08. The molecule has 0 saturated heterocycles. The minimum Gasteiger partial charge on any atom is -0.337 e. The highest BCUT2D eigenvalue weighted by atomic mass is 35.5. The minimum atomic E-state index is 0.563. The molecule has 23 heavy (non-hydrogen) atoms. The fourth-order valence-electron chi connectivity index (χ4n) is 2.52. The number of rotatable bonds is 10. The number of unbranched alkanes of at least 4 members (excludes halogenated alkanes) is 3. The van der Waals surface area contributed by atoms with Crippen molar-refractivity contribution in [3.05, 3.63) is 47.0 Å². The van der Waals surface area contributed by atoms with Crippen molar-refractivity contribution in [2.45, 2.75) is 62.1 Å². The first kappa shape index (κ1) is 18.7. The summed E-state index contributed by atoms with van der Waals surface area (Å²) in [6.07, 6.45) is 13.3. The van der Waals surface area contributed by atoms with Gasteiger partial charge in [0.25, 0.3) is 0 Å². The molecule has 126 valence electrons. The molecule has 0 amide bonds. The van der Waals surface area contributed by atoms with Crippen LogP contribution in [0.5, 0.6) is 0 Å². The first-order valence-corrected chi connectivity index (χ1v) is 9.90. The Morgan fingerprint density at radius 1 is 1.17 bits per heavy atom. The molecule has 5 heteroatoms. The van der Waals surface area contributed by atoms with E-state index in [1.807, 2.05) is 48.7 Å². The highest BCUT2D eigenvalue weighted by molar-refractivity contribution is 8.00. The fraction of sp³-hybridized carbons (Fsp3) is 0.500. The van der Waals surface area contributed by atoms with E-state index in [1.165, 1.54) is 32.1 Å². The highest BCUT2D eigenvalue weighted by Crippen LogP contribution is 2.35. The maximum absolute atomic E-state index is 6.34. The molecule has 0 aliphatic carbocycles. The van der Waals surface area contributed by atoms with Crippen LogP contribution < -0.4 is 0 Å². The van der Waals surface area contributed by atoms with E-state index in [9.17, 15) is 0 Å². The lowest BCUT2D eigenvalue weighted by atomic mass is 10.1. The van der Waals surface area contributed by atoms with Gasteiger partial charge in [-0.2, -0.15) is 0 Å². The Labute approximate surface area is 153 Å². The average molecular weight is 371 g/mol. The second-order valence-electron chi connectivity index (χ2n) is 5.75. The number of imidazole rings is 1. The molecule has 0 saturated carbocycles. The van der Waals surface area contributed by atoms with E-state index in [1.54, 1.807) is 0 Å². The Kier molecular flexibility index (Phi) is 8.35. The van der Waals surface area contributed by atoms with Gasteiger partial charge in [-0.15, -0.1) is 11.8 Å². The van der Waals surface area contributed by atoms with E-state index in [4.69, 9.17) is 23.2 Å². The van der Waals surface area contributed by atoms with Crippen molar-refractivity contribution in [1.29, 1.82) is 0 Å². The molecule has 1 heterocycles. The van der Waals surface area contributed by atoms with E-state index in [0.29, 0.717) is 10.3 Å². The summed E-state index contributed by atoms with van der Waals surface area (Å²) >= 11 is 14.2. The molecule has 2 aromatic rings. The van der Waals surface area contributed by atoms with Gasteiger partial charge in [-0.05, 0) is 31.0 Å². The van der Waals surface area contributed by atoms with Crippen LogP contribution in [0.25, 0.3) is 0 Å². The second kappa shape index (κ2) is 10.3. The summed E-state index contributed by atoms with van der Waals surface area (Å²) in [5, 5.41) is 2.01. The number of hydrogen-bond donors (Lipinski definition) is 0. The summed E-state index contributed by atoms with van der Waals surface area (Å²) in [5.41, 5.74) is 0. The van der Waals surface area contributed by atoms with Crippen LogP contribution in [0.3, 0.4) is 0 Å². The molecule has 2 rings (SSSR count). The average Bonchev–Trinajstić information content (AvgIpc) is 3.04. The van der Waals surface area contributed by atoms with Crippen molar-refractivity contribution in [2.24, 2.45) is 0 Å². The van der Waals surface area contributed by atoms with Crippen molar-refractivity contribution in [3.8, 4) is 0 Å². The van der Waals surface area contributed by atoms with Crippen LogP contribution >= 0.6 is 35.0 Å². The van der Waals surface area contributed by atoms with Gasteiger partial charge in [-0.1, -0.05) is 55.8 Å². The number of aryl methyl sites for hydroxylation is 1. The quantitative estimate of drug-likeness (QED) is 0.341. The number of nitrogens with zero attached hydrogens (tertiary/aromatic N) is 2. The fourth-order valence-corrected chi connectivity index (χ4v) is 4.25. The first-order chi connectivity index (χ1) is 11.2. The van der Waals surface area contributed by atoms with Crippen LogP contribution in [0.1, 0.15) is 45.4 Å². The van der Waals surface area contributed by atoms with Crippen LogP contribution in [0.15, 0.2) is 41.8 Å². The first-order valence-electron chi connectivity index (χ1n) is 8.26. The molecule has 0 bridgehead atoms. The normalized spacial score (nSPS) is 12.5. The molecular weight excluding hydrogens is 347 g/mol. The smallest absolute Gasteiger partial charge is 0.0945 e. The van der Waals surface area contributed by atoms with E-state index < -0.39 is 0 Å². The van der Waals surface area contributed by atoms with E-state index in [0.717, 1.165) is 22.9 Å². The van der Waals surface area contributed by atoms with Crippen LogP contribution in [-0.2, 0) is 6.54 Å². The topological polar surface area (TPSA) is 17.8 Å². The number of aromatic nitrogens is 2. The van der Waals surface area contributed by atoms with Crippen molar-refractivity contribution in [3.63, 3.8) is 0 Å². The summed E-state index contributed by atoms with van der Waals surface area (Å²) in [6, 6.07) is 5.78. The molecule has 0 spiro atoms. The maximum Gasteiger partial charge on any atom is 0.0945 e. The zero-order valence-corrected chi connectivity index (χ0v) is 15.9. The summed E-state index contributed by atoms with van der Waals surface area (Å²) in [7, 11) is 0. The van der Waals surface area contributed by atoms with Gasteiger partial charge in [-0.25, -0.2) is 4.98 Å². The van der Waals surface area contributed by atoms with Gasteiger partial charge in [0.05, 0.1) is 11.3 Å². The predicted octanol–water partition coefficient (Wildman–Crippen LogP) is 6.71. The van der Waals surface area contributed by atoms with Gasteiger partial charge < -0.3 is 4.57 Å². The molecular formula is C18H24Cl2N2S. The number of halogens is 2. The van der Waals surface area contributed by atoms with Gasteiger partial charge in [0.2, 0.25) is 0 Å². The van der Waals surface area contributed by atoms with Crippen molar-refractivity contribution in [2.75, 3.05) is 0 Å². The molecule has 1 aromatic heterocycles. The molecule has 1 aromatic carbocycles. The Morgan fingerprint density at radius 2 is 2.04 bits per heavy atom. The van der Waals surface area contributed by atoms with Gasteiger partial charge in [0, 0.05) is 34.1 Å². The zero-order chi connectivity index (χ0) is 16.5. The molecule has 1 unspecified atom stereocenters. The standard InChI is InChI=1S/C18H24Cl2N2S/c1-2-3-4-5-6-16(9-11-22-12-10-21-14-22)23-18-8-7-15(19)13-17(18)20/h7-8,10,12-14,16H,2-6,9,11H2,1H3. The monoisotopic (exact) mass is 370 g/mol. The van der Waals surface area contributed by atoms with E-state index in [2.05, 4.69) is 16.5 Å². The molecule has 0 aliphatic heterocycles. The highest BCUT2D eigenvalue weighted by Gasteiger charge is 2.13. The molecule has 0 fully saturated rings. The zero-order valence-electron chi connectivity index (χ0n) is 13.5. The van der Waals surface area contributed by atoms with Crippen LogP contribution in [-0.4, -0.2) is 14.8 Å². The summed E-state index contributed by atoms with van der Waals surface area (Å²) in [6.45, 7) is 3.25. The number of hydrogen-bond acceptors (Lipinski definition) is 2. The third-order valence-corrected chi connectivity index (χ3v) is 5.91. The molecule has 0 aliphatic rings. The van der Waals surface area contributed by atoms with Gasteiger partial charge in [0.1, 0.15) is 0 Å². The summed E-state index contributed by atoms with van der Waals surface area (Å²) in [4.78, 5) is 5.24. The third-order valence-electron chi connectivity index (χ3n) is 3.84. The van der Waals surface area contributed by atoms with Gasteiger partial charge in [-0.3, -0.25) is 0 Å². The van der Waals surface area contributed by atoms with Crippen molar-refractivity contribution >= 4 is 35.0 Å². The Bertz CT molecular complexity index is 572. The van der Waals surface area contributed by atoms with E-state index >= 15 is 0 Å². The molecule has 0 N–H and O–H groups in total. The van der Waals surface area contributed by atoms with Crippen LogP contribution in [0, 0.1) is 0 Å². The predicted molar refractivity (Wildman–Crippen MR) is 102 cm³/mol. The minimum absolute atomic E-state index is 0.563. The Hall–Kier alpha value is -0.640. The van der Waals surface area contributed by atoms with Gasteiger partial charge in [0.15, 0.2) is 0 Å². The summed E-state index contributed by atoms with van der Waals surface area (Å²) < 4.78 is 2.14. The van der Waals surface area contributed by atoms with Crippen molar-refractivity contribution in [1.82, 2.24) is 9.55 Å². The Morgan fingerprint density at radius 3 is 2.74 bits per heavy atom. The second-order valence-corrected chi connectivity index (χ2v) is 7.94. The number of thioether (sulfide) groups is 1.